The molecule has 0 unspecified atom stereocenters. The van der Waals surface area contributed by atoms with Crippen LogP contribution in [0.5, 0.6) is 0 Å². The van der Waals surface area contributed by atoms with Gasteiger partial charge in [-0.15, -0.1) is 28.7 Å². The van der Waals surface area contributed by atoms with E-state index in [0.717, 1.165) is 6.54 Å². The maximum absolute atomic E-state index is 9.15. The molecule has 0 fully saturated rings. The molecule has 10 nitrogen and oxygen atoms in total. The van der Waals surface area contributed by atoms with Crippen molar-refractivity contribution in [1.29, 1.82) is 0 Å². The molecule has 0 aromatic heterocycles. The molecule has 0 aliphatic rings. The average Bonchev–Trinajstić information content (AvgIpc) is 2.73. The topological polar surface area (TPSA) is 137 Å². The SMILES string of the molecule is CC(C)(C)[N-]/C=C\[N-]C(C)(C)C.CC(C)(C)[N-]C=C[N-]C(C)(C)C.CN(C)CC(C)(C)O.CN(C)CC(C)(C)O.C[C-](C)CN(C)C.[Cl][Zr]([Cl])([Cl])[Cl].[Li+].[Li+].[Li+].[OH-].[Zr+2]. The molecule has 0 saturated heterocycles. The molecule has 0 amide bonds. The Balaban J connectivity index is -0.0000000497. The Morgan fingerprint density at radius 2 is 0.632 bits per heavy atom. The molecule has 0 atom stereocenters. The maximum Gasteiger partial charge on any atom is 2.00 e. The van der Waals surface area contributed by atoms with Crippen LogP contribution >= 0.6 is 34.1 Å². The molecular weight excluding hydrogens is 948 g/mol. The molecule has 0 bridgehead atoms. The van der Waals surface area contributed by atoms with Crippen molar-refractivity contribution in [1.82, 2.24) is 14.7 Å². The van der Waals surface area contributed by atoms with Gasteiger partial charge in [0.05, 0.1) is 11.2 Å². The molecule has 0 aromatic carbocycles. The summed E-state index contributed by atoms with van der Waals surface area (Å²) in [5.41, 5.74) is -1.09. The first kappa shape index (κ1) is 87.1. The maximum atomic E-state index is 9.15. The predicted molar refractivity (Wildman–Crippen MR) is 239 cm³/mol. The monoisotopic (exact) mass is 1030 g/mol. The van der Waals surface area contributed by atoms with E-state index in [2.05, 4.69) is 137 Å². The number of likely N-dealkylation sites (N-methyl/N-ethyl adjacent to an activating group) is 2. The molecule has 0 rings (SSSR count). The zero-order valence-corrected chi connectivity index (χ0v) is 49.9. The van der Waals surface area contributed by atoms with E-state index in [1.165, 1.54) is 5.92 Å². The standard InChI is InChI=1S/2C10H20N2.2C6H15NO.C6H14N.4ClH.3Li.H2O.2Zr/c2*1-9(2,3)11-7-8-12-10(4,5)6;2*1-6(2,8)5-7(3)4;1-6(2)5-7(3)4;;;;;;;;;;/h2*7-8H,1-6H3;2*8H,5H2,1-4H3;5H2,1-4H3;4*1H;;;;1H2;;/q2*-2;;;-1;;;;;3*+1;;+2;+4/p-5/b8-7-;;;;;;;;;;;;;;. The fraction of sp³-hybridized carbons (Fsp3) is 0.868. The second kappa shape index (κ2) is 43.1. The zero-order chi connectivity index (χ0) is 43.6. The largest absolute Gasteiger partial charge is 2.00 e. The van der Waals surface area contributed by atoms with E-state index in [4.69, 9.17) is 44.3 Å². The van der Waals surface area contributed by atoms with Gasteiger partial charge in [-0.2, -0.15) is 13.8 Å². The summed E-state index contributed by atoms with van der Waals surface area (Å²) in [6, 6.07) is 0. The Labute approximate surface area is 429 Å². The quantitative estimate of drug-likeness (QED) is 0.256. The van der Waals surface area contributed by atoms with E-state index in [0.29, 0.717) is 13.1 Å². The van der Waals surface area contributed by atoms with Crippen molar-refractivity contribution < 1.29 is 114 Å². The minimum absolute atomic E-state index is 0. The number of halogens is 4. The molecule has 0 aliphatic carbocycles. The number of aliphatic hydroxyl groups is 2. The van der Waals surface area contributed by atoms with E-state index in [1.807, 2.05) is 38.0 Å². The van der Waals surface area contributed by atoms with Gasteiger partial charge in [-0.05, 0) is 70.0 Å². The summed E-state index contributed by atoms with van der Waals surface area (Å²) in [4.78, 5) is 6.08. The van der Waals surface area contributed by atoms with Crippen LogP contribution in [0.25, 0.3) is 21.3 Å². The third kappa shape index (κ3) is 156. The van der Waals surface area contributed by atoms with Crippen LogP contribution < -0.4 is 56.6 Å². The van der Waals surface area contributed by atoms with E-state index in [1.54, 1.807) is 52.5 Å². The van der Waals surface area contributed by atoms with Crippen LogP contribution in [0.1, 0.15) is 125 Å². The fourth-order valence-electron chi connectivity index (χ4n) is 3.21. The second-order valence-electron chi connectivity index (χ2n) is 18.8. The van der Waals surface area contributed by atoms with Crippen LogP contribution in [-0.2, 0) is 41.7 Å². The Hall–Kier alpha value is 3.16. The second-order valence-corrected chi connectivity index (χ2v) is 41.2. The van der Waals surface area contributed by atoms with Crippen LogP contribution in [0.15, 0.2) is 24.8 Å². The molecule has 0 radical (unpaired) electrons. The van der Waals surface area contributed by atoms with Crippen molar-refractivity contribution in [3.05, 3.63) is 52.0 Å². The van der Waals surface area contributed by atoms with Gasteiger partial charge in [0.15, 0.2) is 0 Å². The van der Waals surface area contributed by atoms with Gasteiger partial charge in [0.1, 0.15) is 0 Å². The Kier molecular flexibility index (Phi) is 65.8. The Morgan fingerprint density at radius 3 is 0.667 bits per heavy atom. The van der Waals surface area contributed by atoms with E-state index in [-0.39, 0.29) is 110 Å². The minimum atomic E-state index is -3.29. The minimum Gasteiger partial charge on any atom is -0.870 e. The molecule has 3 N–H and O–H groups in total. The van der Waals surface area contributed by atoms with Crippen LogP contribution in [0.4, 0.5) is 0 Å². The number of hydrogen-bond donors (Lipinski definition) is 2. The zero-order valence-electron chi connectivity index (χ0n) is 41.9. The Bertz CT molecular complexity index is 779. The van der Waals surface area contributed by atoms with Crippen LogP contribution in [0.3, 0.4) is 0 Å². The van der Waals surface area contributed by atoms with Crippen molar-refractivity contribution in [3.63, 3.8) is 0 Å². The molecular formula is C38H85Cl4Li3N7O3Zr2-. The van der Waals surface area contributed by atoms with Gasteiger partial charge >= 0.3 is 132 Å². The van der Waals surface area contributed by atoms with Gasteiger partial charge in [0.2, 0.25) is 0 Å². The summed E-state index contributed by atoms with van der Waals surface area (Å²) >= 11 is -3.29. The summed E-state index contributed by atoms with van der Waals surface area (Å²) < 4.78 is 0. The van der Waals surface area contributed by atoms with Crippen molar-refractivity contribution in [3.8, 4) is 0 Å². The smallest absolute Gasteiger partial charge is 0.870 e. The molecule has 0 saturated carbocycles. The van der Waals surface area contributed by atoms with E-state index >= 15 is 0 Å². The molecule has 0 aromatic rings. The molecule has 330 valence electrons. The van der Waals surface area contributed by atoms with Gasteiger partial charge in [-0.1, -0.05) is 83.1 Å². The Morgan fingerprint density at radius 1 is 0.474 bits per heavy atom. The first-order valence-electron chi connectivity index (χ1n) is 17.5. The van der Waals surface area contributed by atoms with Crippen molar-refractivity contribution in [2.75, 3.05) is 61.9 Å². The normalized spacial score (nSPS) is 11.7. The summed E-state index contributed by atoms with van der Waals surface area (Å²) in [5, 5.41) is 35.4. The summed E-state index contributed by atoms with van der Waals surface area (Å²) in [6.45, 7) is 38.8. The molecule has 19 heteroatoms. The molecule has 0 heterocycles. The molecule has 0 aliphatic heterocycles. The van der Waals surface area contributed by atoms with Gasteiger partial charge in [-0.25, -0.2) is 24.8 Å². The van der Waals surface area contributed by atoms with E-state index < -0.39 is 26.7 Å². The van der Waals surface area contributed by atoms with Crippen LogP contribution in [-0.4, -0.2) is 126 Å². The van der Waals surface area contributed by atoms with Gasteiger partial charge < -0.3 is 57.6 Å². The van der Waals surface area contributed by atoms with Crippen molar-refractivity contribution in [2.24, 2.45) is 0 Å². The molecule has 57 heavy (non-hydrogen) atoms. The van der Waals surface area contributed by atoms with Gasteiger partial charge in [0.25, 0.3) is 0 Å². The van der Waals surface area contributed by atoms with Crippen molar-refractivity contribution in [2.45, 2.75) is 158 Å². The number of rotatable bonds is 10. The summed E-state index contributed by atoms with van der Waals surface area (Å²) in [6.07, 6.45) is 7.08. The molecule has 0 spiro atoms. The van der Waals surface area contributed by atoms with Crippen LogP contribution in [0.2, 0.25) is 0 Å². The number of hydrogen-bond acceptors (Lipinski definition) is 6. The summed E-state index contributed by atoms with van der Waals surface area (Å²) in [5.74, 6) is 1.46. The first-order chi connectivity index (χ1) is 22.4. The third-order valence-electron chi connectivity index (χ3n) is 4.02. The van der Waals surface area contributed by atoms with Gasteiger partial charge in [-0.3, -0.25) is 0 Å². The van der Waals surface area contributed by atoms with Crippen molar-refractivity contribution >= 4 is 34.1 Å². The first-order valence-corrected chi connectivity index (χ1v) is 30.2. The third-order valence-corrected chi connectivity index (χ3v) is 4.02. The number of nitrogens with zero attached hydrogens (tertiary/aromatic N) is 7. The van der Waals surface area contributed by atoms with Crippen LogP contribution in [0, 0.1) is 5.92 Å². The van der Waals surface area contributed by atoms with Gasteiger partial charge in [0, 0.05) is 13.1 Å². The predicted octanol–water partition coefficient (Wildman–Crippen LogP) is 2.99. The average molecular weight is 1030 g/mol. The summed E-state index contributed by atoms with van der Waals surface area (Å²) in [7, 11) is 32.1. The van der Waals surface area contributed by atoms with E-state index in [9.17, 15) is 0 Å². The fourth-order valence-corrected chi connectivity index (χ4v) is 3.21.